The molecule has 0 aliphatic heterocycles. The van der Waals surface area contributed by atoms with Crippen molar-refractivity contribution >= 4 is 64.4 Å². The number of thiophene rings is 1. The van der Waals surface area contributed by atoms with Crippen molar-refractivity contribution in [3.63, 3.8) is 0 Å². The summed E-state index contributed by atoms with van der Waals surface area (Å²) >= 11 is 0.637. The number of benzene rings is 4. The predicted octanol–water partition coefficient (Wildman–Crippen LogP) is 2.49. The molecule has 0 aliphatic rings. The van der Waals surface area contributed by atoms with Gasteiger partial charge in [0.15, 0.2) is 10.9 Å². The number of hydrogen-bond donors (Lipinski definition) is 0. The van der Waals surface area contributed by atoms with Crippen molar-refractivity contribution in [2.24, 2.45) is 0 Å². The molecule has 1 heterocycles. The fraction of sp³-hybridized carbons (Fsp3) is 0. The minimum Gasteiger partial charge on any atom is -0.289 e. The van der Waals surface area contributed by atoms with Crippen molar-refractivity contribution < 1.29 is 9.85 Å². The number of nitro benzene ring substituents is 2. The van der Waals surface area contributed by atoms with Gasteiger partial charge in [0, 0.05) is 45.8 Å². The number of nitro groups is 2. The van der Waals surface area contributed by atoms with Crippen molar-refractivity contribution in [3.8, 4) is 0 Å². The van der Waals surface area contributed by atoms with E-state index in [9.17, 15) is 39.4 Å². The standard InChI is InChI=1S/C20H6N2O8S/c23-15-9-3-1-7(21(27)28)5-11(9)17(25)19-13(15)14-16(24)10-4-2-8(22(29)30)6-12(10)18(26)20(14)31-19/h1-6H. The van der Waals surface area contributed by atoms with E-state index in [1.54, 1.807) is 0 Å². The summed E-state index contributed by atoms with van der Waals surface area (Å²) in [5.74, 6) is 0. The van der Waals surface area contributed by atoms with Crippen LogP contribution in [0.1, 0.15) is 0 Å². The number of fused-ring (bicyclic) bond motifs is 5. The van der Waals surface area contributed by atoms with E-state index in [1.165, 1.54) is 0 Å². The van der Waals surface area contributed by atoms with Gasteiger partial charge < -0.3 is 0 Å². The molecule has 0 saturated heterocycles. The zero-order valence-electron chi connectivity index (χ0n) is 15.0. The van der Waals surface area contributed by atoms with Gasteiger partial charge in [-0.15, -0.1) is 11.3 Å². The third kappa shape index (κ3) is 2.37. The van der Waals surface area contributed by atoms with Crippen molar-refractivity contribution in [1.82, 2.24) is 0 Å². The van der Waals surface area contributed by atoms with Gasteiger partial charge in [-0.2, -0.15) is 0 Å². The second kappa shape index (κ2) is 6.06. The molecule has 0 radical (unpaired) electrons. The summed E-state index contributed by atoms with van der Waals surface area (Å²) < 4.78 is -0.320. The molecule has 0 spiro atoms. The molecule has 0 bridgehead atoms. The first kappa shape index (κ1) is 18.6. The van der Waals surface area contributed by atoms with Gasteiger partial charge in [0.1, 0.15) is 0 Å². The van der Waals surface area contributed by atoms with Gasteiger partial charge >= 0.3 is 0 Å². The lowest BCUT2D eigenvalue weighted by molar-refractivity contribution is -0.384. The average molecular weight is 434 g/mol. The summed E-state index contributed by atoms with van der Waals surface area (Å²) in [5.41, 5.74) is -3.55. The maximum Gasteiger partial charge on any atom is 0.270 e. The molecule has 1 aromatic heterocycles. The number of nitrogens with zero attached hydrogens (tertiary/aromatic N) is 2. The van der Waals surface area contributed by atoms with Crippen LogP contribution in [-0.4, -0.2) is 9.85 Å². The second-order valence-electron chi connectivity index (χ2n) is 6.80. The van der Waals surface area contributed by atoms with E-state index in [-0.39, 0.29) is 53.1 Å². The van der Waals surface area contributed by atoms with Crippen LogP contribution in [0.25, 0.3) is 41.7 Å². The fourth-order valence-electron chi connectivity index (χ4n) is 3.76. The van der Waals surface area contributed by atoms with E-state index in [0.29, 0.717) is 11.3 Å². The molecule has 5 rings (SSSR count). The van der Waals surface area contributed by atoms with Gasteiger partial charge in [-0.05, 0) is 12.1 Å². The third-order valence-electron chi connectivity index (χ3n) is 5.18. The summed E-state index contributed by atoms with van der Waals surface area (Å²) in [6.45, 7) is 0. The van der Waals surface area contributed by atoms with Crippen molar-refractivity contribution in [2.45, 2.75) is 0 Å². The Balaban J connectivity index is 2.07. The van der Waals surface area contributed by atoms with E-state index in [4.69, 9.17) is 0 Å². The predicted molar refractivity (Wildman–Crippen MR) is 115 cm³/mol. The molecule has 0 N–H and O–H groups in total. The molecular formula is C20H6N2O8S. The smallest absolute Gasteiger partial charge is 0.270 e. The first-order valence-corrected chi connectivity index (χ1v) is 9.44. The number of hydrogen-bond acceptors (Lipinski definition) is 9. The molecule has 150 valence electrons. The molecule has 10 nitrogen and oxygen atoms in total. The molecule has 0 amide bonds. The Hall–Kier alpha value is -4.38. The molecular weight excluding hydrogens is 428 g/mol. The number of rotatable bonds is 2. The Labute approximate surface area is 172 Å². The molecule has 4 aromatic carbocycles. The van der Waals surface area contributed by atoms with E-state index in [0.717, 1.165) is 36.4 Å². The van der Waals surface area contributed by atoms with Crippen LogP contribution in [0.15, 0.2) is 55.6 Å². The molecule has 11 heteroatoms. The summed E-state index contributed by atoms with van der Waals surface area (Å²) in [5, 5.41) is 21.1. The van der Waals surface area contributed by atoms with Crippen molar-refractivity contribution in [3.05, 3.63) is 97.5 Å². The maximum absolute atomic E-state index is 13.1. The van der Waals surface area contributed by atoms with Crippen LogP contribution < -0.4 is 21.7 Å². The Kier molecular flexibility index (Phi) is 3.64. The minimum absolute atomic E-state index is 0.0987. The molecule has 31 heavy (non-hydrogen) atoms. The fourth-order valence-corrected chi connectivity index (χ4v) is 4.96. The Bertz CT molecular complexity index is 1740. The lowest BCUT2D eigenvalue weighted by Gasteiger charge is -1.99. The quantitative estimate of drug-likeness (QED) is 0.303. The van der Waals surface area contributed by atoms with Crippen LogP contribution in [-0.2, 0) is 0 Å². The first-order valence-electron chi connectivity index (χ1n) is 8.63. The van der Waals surface area contributed by atoms with E-state index < -0.39 is 31.6 Å². The van der Waals surface area contributed by atoms with Gasteiger partial charge in [-0.25, -0.2) is 0 Å². The molecule has 0 unspecified atom stereocenters. The highest BCUT2D eigenvalue weighted by Crippen LogP contribution is 2.30. The lowest BCUT2D eigenvalue weighted by Crippen LogP contribution is -2.15. The topological polar surface area (TPSA) is 155 Å². The molecule has 0 saturated carbocycles. The van der Waals surface area contributed by atoms with Crippen LogP contribution in [0.2, 0.25) is 0 Å². The number of non-ortho nitro benzene ring substituents is 2. The van der Waals surface area contributed by atoms with E-state index in [1.807, 2.05) is 0 Å². The summed E-state index contributed by atoms with van der Waals surface area (Å²) in [4.78, 5) is 72.9. The van der Waals surface area contributed by atoms with Crippen molar-refractivity contribution in [1.29, 1.82) is 0 Å². The summed E-state index contributed by atoms with van der Waals surface area (Å²) in [6.07, 6.45) is 0. The third-order valence-corrected chi connectivity index (χ3v) is 6.37. The van der Waals surface area contributed by atoms with Gasteiger partial charge in [-0.1, -0.05) is 0 Å². The molecule has 0 atom stereocenters. The average Bonchev–Trinajstić information content (AvgIpc) is 3.16. The highest BCUT2D eigenvalue weighted by Gasteiger charge is 2.23. The Morgan fingerprint density at radius 3 is 1.32 bits per heavy atom. The molecule has 0 fully saturated rings. The SMILES string of the molecule is O=c1c2cc([N+](=O)[O-])ccc2c(=O)c2c1sc1c(=O)c3cc([N+](=O)[O-])ccc3c(=O)c12. The summed E-state index contributed by atoms with van der Waals surface area (Å²) in [7, 11) is 0. The largest absolute Gasteiger partial charge is 0.289 e. The van der Waals surface area contributed by atoms with Gasteiger partial charge in [-0.3, -0.25) is 39.4 Å². The van der Waals surface area contributed by atoms with Crippen LogP contribution in [0.3, 0.4) is 0 Å². The zero-order chi connectivity index (χ0) is 22.2. The van der Waals surface area contributed by atoms with E-state index >= 15 is 0 Å². The first-order chi connectivity index (χ1) is 14.7. The molecule has 5 aromatic rings. The van der Waals surface area contributed by atoms with Crippen LogP contribution in [0.5, 0.6) is 0 Å². The Morgan fingerprint density at radius 1 is 0.581 bits per heavy atom. The minimum atomic E-state index is -0.705. The highest BCUT2D eigenvalue weighted by molar-refractivity contribution is 7.25. The second-order valence-corrected chi connectivity index (χ2v) is 7.82. The van der Waals surface area contributed by atoms with Crippen LogP contribution >= 0.6 is 11.3 Å². The Morgan fingerprint density at radius 2 is 0.968 bits per heavy atom. The van der Waals surface area contributed by atoms with Crippen LogP contribution in [0.4, 0.5) is 11.4 Å². The molecule has 0 aliphatic carbocycles. The lowest BCUT2D eigenvalue weighted by atomic mass is 10.0. The van der Waals surface area contributed by atoms with Crippen LogP contribution in [0, 0.1) is 20.2 Å². The van der Waals surface area contributed by atoms with Crippen molar-refractivity contribution in [2.75, 3.05) is 0 Å². The van der Waals surface area contributed by atoms with Gasteiger partial charge in [0.05, 0.1) is 30.0 Å². The zero-order valence-corrected chi connectivity index (χ0v) is 15.8. The van der Waals surface area contributed by atoms with Gasteiger partial charge in [0.25, 0.3) is 11.4 Å². The summed E-state index contributed by atoms with van der Waals surface area (Å²) in [6, 6.07) is 6.42. The van der Waals surface area contributed by atoms with Gasteiger partial charge in [0.2, 0.25) is 10.9 Å². The maximum atomic E-state index is 13.1. The monoisotopic (exact) mass is 434 g/mol. The normalized spacial score (nSPS) is 11.6. The highest BCUT2D eigenvalue weighted by atomic mass is 32.1. The van der Waals surface area contributed by atoms with E-state index in [2.05, 4.69) is 0 Å².